The highest BCUT2D eigenvalue weighted by Crippen LogP contribution is 2.27. The molecule has 0 saturated heterocycles. The van der Waals surface area contributed by atoms with Crippen molar-refractivity contribution < 1.29 is 23.8 Å². The second-order valence-electron chi connectivity index (χ2n) is 5.70. The average Bonchev–Trinajstić information content (AvgIpc) is 2.71. The minimum atomic E-state index is -0.631. The fraction of sp³-hybridized carbons (Fsp3) is 0.300. The summed E-state index contributed by atoms with van der Waals surface area (Å²) in [6.07, 6.45) is -0.00114. The molecule has 0 atom stereocenters. The highest BCUT2D eigenvalue weighted by Gasteiger charge is 2.08. The van der Waals surface area contributed by atoms with Gasteiger partial charge in [-0.25, -0.2) is 4.79 Å². The van der Waals surface area contributed by atoms with Crippen molar-refractivity contribution in [2.45, 2.75) is 13.0 Å². The minimum Gasteiger partial charge on any atom is -0.493 e. The highest BCUT2D eigenvalue weighted by atomic mass is 16.5. The van der Waals surface area contributed by atoms with E-state index in [4.69, 9.17) is 14.2 Å². The number of nitrogens with one attached hydrogen (secondary N) is 2. The van der Waals surface area contributed by atoms with Gasteiger partial charge in [-0.3, -0.25) is 4.79 Å². The summed E-state index contributed by atoms with van der Waals surface area (Å²) in [6.45, 7) is 0.461. The van der Waals surface area contributed by atoms with Crippen LogP contribution in [0.3, 0.4) is 0 Å². The Kier molecular flexibility index (Phi) is 7.96. The van der Waals surface area contributed by atoms with E-state index in [0.29, 0.717) is 24.5 Å². The summed E-state index contributed by atoms with van der Waals surface area (Å²) >= 11 is 0. The van der Waals surface area contributed by atoms with Gasteiger partial charge in [-0.05, 0) is 29.7 Å². The number of rotatable bonds is 9. The monoisotopic (exact) mass is 372 g/mol. The van der Waals surface area contributed by atoms with E-state index in [2.05, 4.69) is 10.6 Å². The molecule has 2 N–H and O–H groups in total. The molecule has 0 saturated carbocycles. The first kappa shape index (κ1) is 20.1. The van der Waals surface area contributed by atoms with Crippen LogP contribution in [0, 0.1) is 0 Å². The molecule has 7 heteroatoms. The molecule has 144 valence electrons. The van der Waals surface area contributed by atoms with Gasteiger partial charge in [-0.2, -0.15) is 0 Å². The molecule has 2 aromatic carbocycles. The molecular formula is C20H24N2O5. The van der Waals surface area contributed by atoms with Gasteiger partial charge in [0, 0.05) is 6.54 Å². The Bertz CT molecular complexity index is 749. The summed E-state index contributed by atoms with van der Waals surface area (Å²) in [5, 5.41) is 5.17. The van der Waals surface area contributed by atoms with Gasteiger partial charge in [0.25, 0.3) is 0 Å². The number of ether oxygens (including phenoxy) is 3. The number of carbonyl (C=O) groups excluding carboxylic acids is 2. The Balaban J connectivity index is 1.65. The first-order valence-corrected chi connectivity index (χ1v) is 8.54. The average molecular weight is 372 g/mol. The van der Waals surface area contributed by atoms with Crippen LogP contribution in [0.2, 0.25) is 0 Å². The van der Waals surface area contributed by atoms with E-state index < -0.39 is 6.09 Å². The number of amides is 2. The lowest BCUT2D eigenvalue weighted by molar-refractivity contribution is -0.120. The lowest BCUT2D eigenvalue weighted by Gasteiger charge is -2.10. The minimum absolute atomic E-state index is 0.139. The third-order valence-corrected chi connectivity index (χ3v) is 3.79. The summed E-state index contributed by atoms with van der Waals surface area (Å²) in [7, 11) is 3.15. The molecular weight excluding hydrogens is 348 g/mol. The van der Waals surface area contributed by atoms with Crippen LogP contribution >= 0.6 is 0 Å². The zero-order chi connectivity index (χ0) is 19.5. The SMILES string of the molecule is COc1ccc(CCNC(=O)CNC(=O)OCc2ccccc2)cc1OC. The fourth-order valence-corrected chi connectivity index (χ4v) is 2.37. The van der Waals surface area contributed by atoms with Crippen molar-refractivity contribution in [3.8, 4) is 11.5 Å². The first-order valence-electron chi connectivity index (χ1n) is 8.54. The van der Waals surface area contributed by atoms with Crippen LogP contribution < -0.4 is 20.1 Å². The van der Waals surface area contributed by atoms with Crippen LogP contribution in [0.1, 0.15) is 11.1 Å². The number of methoxy groups -OCH3 is 2. The standard InChI is InChI=1S/C20H24N2O5/c1-25-17-9-8-15(12-18(17)26-2)10-11-21-19(23)13-22-20(24)27-14-16-6-4-3-5-7-16/h3-9,12H,10-11,13-14H2,1-2H3,(H,21,23)(H,22,24). The van der Waals surface area contributed by atoms with Gasteiger partial charge in [0.15, 0.2) is 11.5 Å². The van der Waals surface area contributed by atoms with E-state index in [-0.39, 0.29) is 19.1 Å². The van der Waals surface area contributed by atoms with Gasteiger partial charge in [-0.1, -0.05) is 36.4 Å². The first-order chi connectivity index (χ1) is 13.1. The Hall–Kier alpha value is -3.22. The fourth-order valence-electron chi connectivity index (χ4n) is 2.37. The van der Waals surface area contributed by atoms with Crippen LogP contribution in [-0.4, -0.2) is 39.3 Å². The molecule has 0 aromatic heterocycles. The molecule has 0 aliphatic heterocycles. The predicted molar refractivity (Wildman–Crippen MR) is 101 cm³/mol. The maximum atomic E-state index is 11.8. The number of hydrogen-bond donors (Lipinski definition) is 2. The molecule has 7 nitrogen and oxygen atoms in total. The second kappa shape index (κ2) is 10.7. The smallest absolute Gasteiger partial charge is 0.407 e. The van der Waals surface area contributed by atoms with Crippen molar-refractivity contribution in [3.63, 3.8) is 0 Å². The van der Waals surface area contributed by atoms with Crippen LogP contribution in [0.15, 0.2) is 48.5 Å². The topological polar surface area (TPSA) is 85.9 Å². The quantitative estimate of drug-likeness (QED) is 0.705. The summed E-state index contributed by atoms with van der Waals surface area (Å²) in [6, 6.07) is 14.9. The maximum Gasteiger partial charge on any atom is 0.407 e. The zero-order valence-corrected chi connectivity index (χ0v) is 15.5. The van der Waals surface area contributed by atoms with E-state index in [0.717, 1.165) is 11.1 Å². The predicted octanol–water partition coefficient (Wildman–Crippen LogP) is 2.29. The zero-order valence-electron chi connectivity index (χ0n) is 15.5. The van der Waals surface area contributed by atoms with E-state index in [1.807, 2.05) is 48.5 Å². The van der Waals surface area contributed by atoms with Crippen molar-refractivity contribution in [2.75, 3.05) is 27.3 Å². The molecule has 0 radical (unpaired) electrons. The largest absolute Gasteiger partial charge is 0.493 e. The molecule has 2 rings (SSSR count). The molecule has 0 bridgehead atoms. The molecule has 2 amide bonds. The third-order valence-electron chi connectivity index (χ3n) is 3.79. The second-order valence-corrected chi connectivity index (χ2v) is 5.70. The molecule has 0 aliphatic rings. The lowest BCUT2D eigenvalue weighted by Crippen LogP contribution is -2.37. The number of carbonyl (C=O) groups is 2. The van der Waals surface area contributed by atoms with E-state index in [9.17, 15) is 9.59 Å². The van der Waals surface area contributed by atoms with Crippen LogP contribution in [0.25, 0.3) is 0 Å². The molecule has 0 spiro atoms. The number of hydrogen-bond acceptors (Lipinski definition) is 5. The van der Waals surface area contributed by atoms with Gasteiger partial charge < -0.3 is 24.8 Å². The summed E-state index contributed by atoms with van der Waals surface area (Å²) in [5.41, 5.74) is 1.88. The molecule has 27 heavy (non-hydrogen) atoms. The van der Waals surface area contributed by atoms with E-state index >= 15 is 0 Å². The van der Waals surface area contributed by atoms with Crippen LogP contribution in [0.4, 0.5) is 4.79 Å². The van der Waals surface area contributed by atoms with Crippen molar-refractivity contribution in [1.82, 2.24) is 10.6 Å². The number of alkyl carbamates (subject to hydrolysis) is 1. The Morgan fingerprint density at radius 1 is 0.889 bits per heavy atom. The van der Waals surface area contributed by atoms with Crippen molar-refractivity contribution in [1.29, 1.82) is 0 Å². The normalized spacial score (nSPS) is 10.0. The summed E-state index contributed by atoms with van der Waals surface area (Å²) in [5.74, 6) is 1.01. The molecule has 0 unspecified atom stereocenters. The lowest BCUT2D eigenvalue weighted by atomic mass is 10.1. The molecule has 0 fully saturated rings. The molecule has 0 aliphatic carbocycles. The van der Waals surface area contributed by atoms with Gasteiger partial charge >= 0.3 is 6.09 Å². The Morgan fingerprint density at radius 2 is 1.63 bits per heavy atom. The number of benzene rings is 2. The van der Waals surface area contributed by atoms with E-state index in [1.54, 1.807) is 14.2 Å². The summed E-state index contributed by atoms with van der Waals surface area (Å²) in [4.78, 5) is 23.4. The molecule has 2 aromatic rings. The van der Waals surface area contributed by atoms with Crippen LogP contribution in [0.5, 0.6) is 11.5 Å². The van der Waals surface area contributed by atoms with Crippen molar-refractivity contribution in [2.24, 2.45) is 0 Å². The van der Waals surface area contributed by atoms with Gasteiger partial charge in [-0.15, -0.1) is 0 Å². The maximum absolute atomic E-state index is 11.8. The van der Waals surface area contributed by atoms with E-state index in [1.165, 1.54) is 0 Å². The van der Waals surface area contributed by atoms with Crippen molar-refractivity contribution in [3.05, 3.63) is 59.7 Å². The van der Waals surface area contributed by atoms with Crippen molar-refractivity contribution >= 4 is 12.0 Å². The van der Waals surface area contributed by atoms with Crippen LogP contribution in [-0.2, 0) is 22.6 Å². The van der Waals surface area contributed by atoms with Gasteiger partial charge in [0.05, 0.1) is 20.8 Å². The Labute approximate surface area is 158 Å². The third kappa shape index (κ3) is 6.89. The highest BCUT2D eigenvalue weighted by molar-refractivity contribution is 5.82. The van der Waals surface area contributed by atoms with Gasteiger partial charge in [0.2, 0.25) is 5.91 Å². The molecule has 0 heterocycles. The van der Waals surface area contributed by atoms with Gasteiger partial charge in [0.1, 0.15) is 6.61 Å². The summed E-state index contributed by atoms with van der Waals surface area (Å²) < 4.78 is 15.5. The Morgan fingerprint density at radius 3 is 2.33 bits per heavy atom.